The summed E-state index contributed by atoms with van der Waals surface area (Å²) in [5, 5.41) is 21.7. The van der Waals surface area contributed by atoms with Crippen LogP contribution in [-0.2, 0) is 6.42 Å². The Bertz CT molecular complexity index is 1040. The van der Waals surface area contributed by atoms with E-state index < -0.39 is 29.0 Å². The van der Waals surface area contributed by atoms with Crippen LogP contribution in [0.4, 0.5) is 0 Å². The first-order valence-corrected chi connectivity index (χ1v) is 10.1. The van der Waals surface area contributed by atoms with E-state index in [4.69, 9.17) is 9.15 Å². The third-order valence-corrected chi connectivity index (χ3v) is 5.42. The molecule has 29 heavy (non-hydrogen) atoms. The van der Waals surface area contributed by atoms with Gasteiger partial charge in [0, 0.05) is 12.0 Å². The minimum Gasteiger partial charge on any atom is -0.506 e. The Hall–Kier alpha value is -2.60. The molecule has 2 N–H and O–H groups in total. The summed E-state index contributed by atoms with van der Waals surface area (Å²) in [6, 6.07) is 1.41. The molecule has 0 saturated carbocycles. The van der Waals surface area contributed by atoms with E-state index in [1.54, 1.807) is 26.0 Å². The van der Waals surface area contributed by atoms with Gasteiger partial charge in [0.05, 0.1) is 17.1 Å². The van der Waals surface area contributed by atoms with Gasteiger partial charge >= 0.3 is 5.63 Å². The fourth-order valence-electron chi connectivity index (χ4n) is 3.74. The molecule has 0 fully saturated rings. The first-order valence-electron chi connectivity index (χ1n) is 10.1. The molecule has 6 heteroatoms. The third kappa shape index (κ3) is 3.69. The zero-order valence-corrected chi connectivity index (χ0v) is 17.5. The highest BCUT2D eigenvalue weighted by Gasteiger charge is 2.34. The van der Waals surface area contributed by atoms with Crippen LogP contribution in [0.25, 0.3) is 17.0 Å². The number of hydrogen-bond donors (Lipinski definition) is 2. The summed E-state index contributed by atoms with van der Waals surface area (Å²) >= 11 is 0. The number of aliphatic hydroxyl groups is 1. The van der Waals surface area contributed by atoms with Gasteiger partial charge in [-0.15, -0.1) is 0 Å². The van der Waals surface area contributed by atoms with Crippen molar-refractivity contribution in [2.45, 2.75) is 65.6 Å². The van der Waals surface area contributed by atoms with Crippen molar-refractivity contribution >= 4 is 22.8 Å². The van der Waals surface area contributed by atoms with Gasteiger partial charge in [0.15, 0.2) is 11.4 Å². The smallest absolute Gasteiger partial charge is 0.336 e. The summed E-state index contributed by atoms with van der Waals surface area (Å²) in [6.45, 7) is 9.13. The predicted octanol–water partition coefficient (Wildman–Crippen LogP) is 4.23. The fraction of sp³-hybridized carbons (Fsp3) is 0.478. The molecule has 0 bridgehead atoms. The second kappa shape index (κ2) is 7.67. The number of carbonyl (C=O) groups excluding carboxylic acids is 1. The molecule has 1 aliphatic heterocycles. The number of phenols is 1. The highest BCUT2D eigenvalue weighted by atomic mass is 16.5. The van der Waals surface area contributed by atoms with Gasteiger partial charge in [-0.25, -0.2) is 4.79 Å². The summed E-state index contributed by atoms with van der Waals surface area (Å²) in [6.07, 6.45) is 4.42. The van der Waals surface area contributed by atoms with E-state index in [0.29, 0.717) is 35.1 Å². The van der Waals surface area contributed by atoms with Crippen LogP contribution in [0.15, 0.2) is 21.4 Å². The largest absolute Gasteiger partial charge is 0.506 e. The Morgan fingerprint density at radius 3 is 2.59 bits per heavy atom. The van der Waals surface area contributed by atoms with Crippen LogP contribution in [-0.4, -0.2) is 27.7 Å². The van der Waals surface area contributed by atoms with Crippen LogP contribution in [0, 0.1) is 5.92 Å². The zero-order chi connectivity index (χ0) is 21.5. The minimum atomic E-state index is -0.871. The number of benzene rings is 1. The molecule has 1 aromatic carbocycles. The van der Waals surface area contributed by atoms with E-state index in [1.165, 1.54) is 6.07 Å². The lowest BCUT2D eigenvalue weighted by Crippen LogP contribution is -2.29. The Balaban J connectivity index is 2.43. The van der Waals surface area contributed by atoms with Gasteiger partial charge in [-0.3, -0.25) is 4.79 Å². The van der Waals surface area contributed by atoms with Gasteiger partial charge in [0.25, 0.3) is 0 Å². The molecule has 2 aromatic rings. The average Bonchev–Trinajstić information content (AvgIpc) is 2.65. The summed E-state index contributed by atoms with van der Waals surface area (Å²) < 4.78 is 11.6. The molecule has 0 saturated heterocycles. The Labute approximate surface area is 169 Å². The quantitative estimate of drug-likeness (QED) is 0.556. The number of Topliss-reactive ketones (excluding diaryl/α,β-unsaturated/α-hetero) is 1. The lowest BCUT2D eigenvalue weighted by Gasteiger charge is -2.30. The number of phenolic OH excluding ortho intramolecular Hbond substituents is 1. The number of aliphatic hydroxyl groups excluding tert-OH is 1. The Morgan fingerprint density at radius 2 is 1.97 bits per heavy atom. The van der Waals surface area contributed by atoms with Crippen molar-refractivity contribution in [3.63, 3.8) is 0 Å². The maximum atomic E-state index is 13.2. The monoisotopic (exact) mass is 400 g/mol. The molecule has 2 unspecified atom stereocenters. The van der Waals surface area contributed by atoms with Gasteiger partial charge in [-0.1, -0.05) is 27.2 Å². The van der Waals surface area contributed by atoms with Crippen LogP contribution in [0.5, 0.6) is 11.5 Å². The van der Waals surface area contributed by atoms with Crippen LogP contribution in [0.2, 0.25) is 0 Å². The van der Waals surface area contributed by atoms with Crippen LogP contribution in [0.3, 0.4) is 0 Å². The third-order valence-electron chi connectivity index (χ3n) is 5.42. The summed E-state index contributed by atoms with van der Waals surface area (Å²) in [7, 11) is 0. The molecule has 0 spiro atoms. The second-order valence-electron chi connectivity index (χ2n) is 8.18. The molecule has 1 aliphatic rings. The number of rotatable bonds is 6. The number of hydrogen-bond acceptors (Lipinski definition) is 6. The second-order valence-corrected chi connectivity index (χ2v) is 8.18. The zero-order valence-electron chi connectivity index (χ0n) is 17.5. The number of ether oxygens (including phenoxy) is 1. The van der Waals surface area contributed by atoms with Crippen molar-refractivity contribution in [1.29, 1.82) is 0 Å². The first kappa shape index (κ1) is 21.1. The number of fused-ring (bicyclic) bond motifs is 3. The molecule has 3 rings (SSSR count). The summed E-state index contributed by atoms with van der Waals surface area (Å²) in [5.74, 6) is -1.13. The van der Waals surface area contributed by atoms with Crippen molar-refractivity contribution < 1.29 is 24.2 Å². The Morgan fingerprint density at radius 1 is 1.28 bits per heavy atom. The molecule has 0 aliphatic carbocycles. The highest BCUT2D eigenvalue weighted by molar-refractivity contribution is 6.13. The van der Waals surface area contributed by atoms with Crippen molar-refractivity contribution in [3.8, 4) is 11.5 Å². The van der Waals surface area contributed by atoms with Gasteiger partial charge in [0.1, 0.15) is 22.7 Å². The SMILES string of the molecule is CCCc1cc(=O)oc2c(C(=O)C(C)C(O)CC)c(O)c3c(c12)OC(C)(C)C=C3. The van der Waals surface area contributed by atoms with Crippen molar-refractivity contribution in [2.75, 3.05) is 0 Å². The van der Waals surface area contributed by atoms with Gasteiger partial charge < -0.3 is 19.4 Å². The van der Waals surface area contributed by atoms with E-state index >= 15 is 0 Å². The van der Waals surface area contributed by atoms with Crippen molar-refractivity contribution in [3.05, 3.63) is 39.3 Å². The van der Waals surface area contributed by atoms with Gasteiger partial charge in [-0.05, 0) is 44.4 Å². The molecule has 156 valence electrons. The van der Waals surface area contributed by atoms with Crippen molar-refractivity contribution in [2.24, 2.45) is 5.92 Å². The first-order chi connectivity index (χ1) is 13.6. The highest BCUT2D eigenvalue weighted by Crippen LogP contribution is 2.46. The topological polar surface area (TPSA) is 97.0 Å². The Kier molecular flexibility index (Phi) is 5.59. The molecule has 2 heterocycles. The molecular weight excluding hydrogens is 372 g/mol. The van der Waals surface area contributed by atoms with Crippen LogP contribution >= 0.6 is 0 Å². The molecule has 1 aromatic heterocycles. The van der Waals surface area contributed by atoms with E-state index in [1.807, 2.05) is 20.8 Å². The average molecular weight is 400 g/mol. The molecule has 2 atom stereocenters. The van der Waals surface area contributed by atoms with Gasteiger partial charge in [0.2, 0.25) is 0 Å². The number of carbonyl (C=O) groups is 1. The van der Waals surface area contributed by atoms with E-state index in [9.17, 15) is 19.8 Å². The van der Waals surface area contributed by atoms with E-state index in [2.05, 4.69) is 0 Å². The lowest BCUT2D eigenvalue weighted by atomic mass is 9.87. The van der Waals surface area contributed by atoms with Crippen molar-refractivity contribution in [1.82, 2.24) is 0 Å². The molecule has 6 nitrogen and oxygen atoms in total. The minimum absolute atomic E-state index is 0.0171. The van der Waals surface area contributed by atoms with E-state index in [0.717, 1.165) is 6.42 Å². The fourth-order valence-corrected chi connectivity index (χ4v) is 3.74. The van der Waals surface area contributed by atoms with Crippen LogP contribution < -0.4 is 10.4 Å². The lowest BCUT2D eigenvalue weighted by molar-refractivity contribution is 0.0703. The predicted molar refractivity (Wildman–Crippen MR) is 112 cm³/mol. The van der Waals surface area contributed by atoms with Gasteiger partial charge in [-0.2, -0.15) is 0 Å². The maximum Gasteiger partial charge on any atom is 0.336 e. The maximum absolute atomic E-state index is 13.2. The number of aryl methyl sites for hydroxylation is 1. The number of aromatic hydroxyl groups is 1. The molecule has 0 amide bonds. The molecular formula is C23H28O6. The summed E-state index contributed by atoms with van der Waals surface area (Å²) in [4.78, 5) is 25.5. The molecule has 0 radical (unpaired) electrons. The van der Waals surface area contributed by atoms with Crippen LogP contribution in [0.1, 0.15) is 68.9 Å². The standard InChI is InChI=1S/C23H28O6/c1-6-8-13-11-16(25)28-22-17(13)21-14(9-10-23(4,5)29-21)20(27)18(22)19(26)12(3)15(24)7-2/h9-12,15,24,27H,6-8H2,1-5H3. The normalized spacial score (nSPS) is 16.9. The summed E-state index contributed by atoms with van der Waals surface area (Å²) in [5.41, 5.74) is -0.194. The number of ketones is 1. The van der Waals surface area contributed by atoms with E-state index in [-0.39, 0.29) is 16.9 Å².